The maximum Gasteiger partial charge on any atom is 0.293 e. The first kappa shape index (κ1) is 15.5. The Kier molecular flexibility index (Phi) is 4.32. The van der Waals surface area contributed by atoms with E-state index in [1.165, 1.54) is 17.9 Å². The van der Waals surface area contributed by atoms with Gasteiger partial charge < -0.3 is 4.90 Å². The van der Waals surface area contributed by atoms with Crippen molar-refractivity contribution in [3.05, 3.63) is 33.4 Å². The maximum atomic E-state index is 12.1. The van der Waals surface area contributed by atoms with E-state index in [0.29, 0.717) is 12.2 Å². The second-order valence-corrected chi connectivity index (χ2v) is 6.60. The molecular formula is C14H16N2O4S. The zero-order valence-electron chi connectivity index (χ0n) is 12.1. The molecule has 21 heavy (non-hydrogen) atoms. The molecule has 0 aliphatic carbocycles. The van der Waals surface area contributed by atoms with Crippen LogP contribution < -0.4 is 4.90 Å². The Bertz CT molecular complexity index is 630. The topological polar surface area (TPSA) is 80.5 Å². The molecule has 1 heterocycles. The minimum absolute atomic E-state index is 0.0516. The molecule has 6 nitrogen and oxygen atoms in total. The number of aryl methyl sites for hydroxylation is 2. The predicted octanol–water partition coefficient (Wildman–Crippen LogP) is 2.60. The molecule has 1 atom stereocenters. The second-order valence-electron chi connectivity index (χ2n) is 5.12. The van der Waals surface area contributed by atoms with Gasteiger partial charge in [0, 0.05) is 31.2 Å². The van der Waals surface area contributed by atoms with Crippen LogP contribution in [-0.4, -0.2) is 27.7 Å². The summed E-state index contributed by atoms with van der Waals surface area (Å²) >= 11 is 1.11. The van der Waals surface area contributed by atoms with Crippen molar-refractivity contribution in [1.29, 1.82) is 0 Å². The van der Waals surface area contributed by atoms with Crippen LogP contribution in [0.4, 0.5) is 11.4 Å². The molecule has 0 spiro atoms. The van der Waals surface area contributed by atoms with Crippen LogP contribution in [0.25, 0.3) is 0 Å². The van der Waals surface area contributed by atoms with Gasteiger partial charge in [0.15, 0.2) is 5.12 Å². The SMILES string of the molecule is CC(=O)SC1CC(=O)N(c2cc(C)c(C)cc2[N+](=O)[O-])C1. The molecule has 1 fully saturated rings. The minimum Gasteiger partial charge on any atom is -0.305 e. The van der Waals surface area contributed by atoms with E-state index in [9.17, 15) is 19.7 Å². The van der Waals surface area contributed by atoms with E-state index in [1.54, 1.807) is 13.0 Å². The first-order chi connectivity index (χ1) is 9.79. The third-order valence-corrected chi connectivity index (χ3v) is 4.48. The number of anilines is 1. The Hall–Kier alpha value is -1.89. The van der Waals surface area contributed by atoms with Crippen LogP contribution in [0, 0.1) is 24.0 Å². The van der Waals surface area contributed by atoms with Gasteiger partial charge in [-0.15, -0.1) is 0 Å². The van der Waals surface area contributed by atoms with Gasteiger partial charge in [0.05, 0.1) is 4.92 Å². The van der Waals surface area contributed by atoms with Crippen molar-refractivity contribution in [3.8, 4) is 0 Å². The third-order valence-electron chi connectivity index (χ3n) is 3.50. The van der Waals surface area contributed by atoms with Gasteiger partial charge in [0.25, 0.3) is 5.69 Å². The van der Waals surface area contributed by atoms with Crippen LogP contribution in [0.15, 0.2) is 12.1 Å². The molecule has 1 aromatic rings. The third kappa shape index (κ3) is 3.24. The van der Waals surface area contributed by atoms with E-state index >= 15 is 0 Å². The molecule has 0 N–H and O–H groups in total. The molecule has 1 aliphatic rings. The summed E-state index contributed by atoms with van der Waals surface area (Å²) in [6.45, 7) is 5.43. The van der Waals surface area contributed by atoms with E-state index in [1.807, 2.05) is 6.92 Å². The fourth-order valence-electron chi connectivity index (χ4n) is 2.37. The Balaban J connectivity index is 2.37. The van der Waals surface area contributed by atoms with E-state index in [0.717, 1.165) is 22.9 Å². The number of nitro groups is 1. The summed E-state index contributed by atoms with van der Waals surface area (Å²) in [7, 11) is 0. The molecule has 0 radical (unpaired) electrons. The Labute approximate surface area is 126 Å². The van der Waals surface area contributed by atoms with E-state index < -0.39 is 4.92 Å². The molecule has 112 valence electrons. The average Bonchev–Trinajstić information content (AvgIpc) is 2.71. The quantitative estimate of drug-likeness (QED) is 0.633. The first-order valence-corrected chi connectivity index (χ1v) is 7.40. The number of hydrogen-bond acceptors (Lipinski definition) is 5. The summed E-state index contributed by atoms with van der Waals surface area (Å²) in [6, 6.07) is 3.16. The summed E-state index contributed by atoms with van der Waals surface area (Å²) < 4.78 is 0. The lowest BCUT2D eigenvalue weighted by molar-refractivity contribution is -0.384. The van der Waals surface area contributed by atoms with Gasteiger partial charge in [-0.3, -0.25) is 19.7 Å². The minimum atomic E-state index is -0.472. The van der Waals surface area contributed by atoms with Crippen molar-refractivity contribution < 1.29 is 14.5 Å². The molecule has 1 saturated heterocycles. The number of thioether (sulfide) groups is 1. The highest BCUT2D eigenvalue weighted by molar-refractivity contribution is 8.14. The van der Waals surface area contributed by atoms with E-state index in [4.69, 9.17) is 0 Å². The van der Waals surface area contributed by atoms with Crippen molar-refractivity contribution >= 4 is 34.2 Å². The van der Waals surface area contributed by atoms with Crippen molar-refractivity contribution in [2.45, 2.75) is 32.4 Å². The molecule has 0 aromatic heterocycles. The number of carbonyl (C=O) groups excluding carboxylic acids is 2. The van der Waals surface area contributed by atoms with Crippen LogP contribution in [-0.2, 0) is 9.59 Å². The van der Waals surface area contributed by atoms with E-state index in [2.05, 4.69) is 0 Å². The van der Waals surface area contributed by atoms with Crippen molar-refractivity contribution in [1.82, 2.24) is 0 Å². The van der Waals surface area contributed by atoms with Crippen LogP contribution in [0.3, 0.4) is 0 Å². The number of hydrogen-bond donors (Lipinski definition) is 0. The molecular weight excluding hydrogens is 292 g/mol. The van der Waals surface area contributed by atoms with Gasteiger partial charge in [-0.05, 0) is 31.0 Å². The molecule has 2 rings (SSSR count). The predicted molar refractivity (Wildman–Crippen MR) is 81.6 cm³/mol. The summed E-state index contributed by atoms with van der Waals surface area (Å²) in [6.07, 6.45) is 0.230. The van der Waals surface area contributed by atoms with Crippen LogP contribution in [0.1, 0.15) is 24.5 Å². The van der Waals surface area contributed by atoms with Gasteiger partial charge in [-0.2, -0.15) is 0 Å². The van der Waals surface area contributed by atoms with Crippen molar-refractivity contribution in [2.24, 2.45) is 0 Å². The number of nitrogens with zero attached hydrogens (tertiary/aromatic N) is 2. The summed E-state index contributed by atoms with van der Waals surface area (Å²) in [5.74, 6) is -0.180. The molecule has 1 aliphatic heterocycles. The average molecular weight is 308 g/mol. The highest BCUT2D eigenvalue weighted by Gasteiger charge is 2.35. The lowest BCUT2D eigenvalue weighted by Gasteiger charge is -2.18. The Morgan fingerprint density at radius 3 is 2.57 bits per heavy atom. The summed E-state index contributed by atoms with van der Waals surface area (Å²) in [4.78, 5) is 35.4. The van der Waals surface area contributed by atoms with Crippen LogP contribution in [0.2, 0.25) is 0 Å². The van der Waals surface area contributed by atoms with Gasteiger partial charge in [-0.1, -0.05) is 11.8 Å². The second kappa shape index (κ2) is 5.85. The number of carbonyl (C=O) groups is 2. The zero-order chi connectivity index (χ0) is 15.7. The standard InChI is InChI=1S/C14H16N2O4S/c1-8-4-12(13(16(19)20)5-9(8)2)15-7-11(6-14(15)18)21-10(3)17/h4-5,11H,6-7H2,1-3H3. The monoisotopic (exact) mass is 308 g/mol. The Morgan fingerprint density at radius 2 is 2.00 bits per heavy atom. The zero-order valence-corrected chi connectivity index (χ0v) is 12.9. The number of benzene rings is 1. The molecule has 1 amide bonds. The highest BCUT2D eigenvalue weighted by Crippen LogP contribution is 2.36. The fraction of sp³-hybridized carbons (Fsp3) is 0.429. The molecule has 1 aromatic carbocycles. The summed E-state index contributed by atoms with van der Waals surface area (Å²) in [5, 5.41) is 11.0. The van der Waals surface area contributed by atoms with Crippen LogP contribution in [0.5, 0.6) is 0 Å². The molecule has 7 heteroatoms. The van der Waals surface area contributed by atoms with Crippen molar-refractivity contribution in [2.75, 3.05) is 11.4 Å². The van der Waals surface area contributed by atoms with Gasteiger partial charge in [-0.25, -0.2) is 0 Å². The summed E-state index contributed by atoms with van der Waals surface area (Å²) in [5.41, 5.74) is 1.96. The largest absolute Gasteiger partial charge is 0.305 e. The van der Waals surface area contributed by atoms with Gasteiger partial charge in [0.2, 0.25) is 5.91 Å². The Morgan fingerprint density at radius 1 is 1.38 bits per heavy atom. The smallest absolute Gasteiger partial charge is 0.293 e. The molecule has 1 unspecified atom stereocenters. The lowest BCUT2D eigenvalue weighted by Crippen LogP contribution is -2.26. The number of rotatable bonds is 3. The van der Waals surface area contributed by atoms with Crippen molar-refractivity contribution in [3.63, 3.8) is 0 Å². The number of amides is 1. The normalized spacial score (nSPS) is 18.1. The van der Waals surface area contributed by atoms with Gasteiger partial charge >= 0.3 is 0 Å². The lowest BCUT2D eigenvalue weighted by atomic mass is 10.1. The number of nitro benzene ring substituents is 1. The fourth-order valence-corrected chi connectivity index (χ4v) is 3.29. The van der Waals surface area contributed by atoms with E-state index in [-0.39, 0.29) is 28.4 Å². The molecule has 0 saturated carbocycles. The van der Waals surface area contributed by atoms with Crippen LogP contribution >= 0.6 is 11.8 Å². The molecule has 0 bridgehead atoms. The maximum absolute atomic E-state index is 12.1. The van der Waals surface area contributed by atoms with Gasteiger partial charge in [0.1, 0.15) is 5.69 Å². The first-order valence-electron chi connectivity index (χ1n) is 6.53. The highest BCUT2D eigenvalue weighted by atomic mass is 32.2.